The van der Waals surface area contributed by atoms with Crippen LogP contribution in [0.15, 0.2) is 12.4 Å². The van der Waals surface area contributed by atoms with Crippen LogP contribution in [0.5, 0.6) is 0 Å². The van der Waals surface area contributed by atoms with Gasteiger partial charge in [0, 0.05) is 19.8 Å². The minimum atomic E-state index is 0.214. The second kappa shape index (κ2) is 4.33. The molecular formula is C13H19N5. The maximum absolute atomic E-state index is 6.06. The molecule has 2 aromatic heterocycles. The van der Waals surface area contributed by atoms with Gasteiger partial charge in [-0.25, -0.2) is 9.99 Å². The molecule has 0 aromatic carbocycles. The highest BCUT2D eigenvalue weighted by Crippen LogP contribution is 2.28. The molecule has 1 unspecified atom stereocenters. The number of fused-ring (bicyclic) bond motifs is 1. The fourth-order valence-corrected chi connectivity index (χ4v) is 2.76. The van der Waals surface area contributed by atoms with E-state index in [0.717, 1.165) is 29.8 Å². The van der Waals surface area contributed by atoms with Crippen LogP contribution in [0.2, 0.25) is 0 Å². The van der Waals surface area contributed by atoms with Gasteiger partial charge in [-0.05, 0) is 25.3 Å². The maximum Gasteiger partial charge on any atom is 0.159 e. The molecule has 1 saturated heterocycles. The van der Waals surface area contributed by atoms with Crippen molar-refractivity contribution in [3.05, 3.63) is 23.7 Å². The number of aromatic nitrogens is 3. The van der Waals surface area contributed by atoms with Crippen LogP contribution < -0.4 is 5.84 Å². The Balaban J connectivity index is 2.04. The van der Waals surface area contributed by atoms with Gasteiger partial charge in [0.05, 0.1) is 17.9 Å². The monoisotopic (exact) mass is 245 g/mol. The molecule has 18 heavy (non-hydrogen) atoms. The van der Waals surface area contributed by atoms with Crippen molar-refractivity contribution in [2.45, 2.75) is 32.2 Å². The minimum Gasteiger partial charge on any atom is -0.334 e. The lowest BCUT2D eigenvalue weighted by Crippen LogP contribution is -2.39. The average molecular weight is 245 g/mol. The van der Waals surface area contributed by atoms with Gasteiger partial charge in [0.15, 0.2) is 5.65 Å². The quantitative estimate of drug-likeness (QED) is 0.776. The van der Waals surface area contributed by atoms with Crippen LogP contribution in [0, 0.1) is 6.92 Å². The molecule has 2 aromatic rings. The number of hydrazine groups is 1. The molecular weight excluding hydrogens is 226 g/mol. The van der Waals surface area contributed by atoms with E-state index in [9.17, 15) is 0 Å². The summed E-state index contributed by atoms with van der Waals surface area (Å²) in [5, 5.41) is 1.90. The molecule has 1 fully saturated rings. The van der Waals surface area contributed by atoms with Gasteiger partial charge in [-0.1, -0.05) is 6.42 Å². The van der Waals surface area contributed by atoms with Gasteiger partial charge in [-0.15, -0.1) is 0 Å². The zero-order valence-electron chi connectivity index (χ0n) is 10.9. The summed E-state index contributed by atoms with van der Waals surface area (Å²) in [6.45, 7) is 3.00. The lowest BCUT2D eigenvalue weighted by Gasteiger charge is -2.31. The highest BCUT2D eigenvalue weighted by atomic mass is 15.4. The number of hydrogen-bond donors (Lipinski definition) is 1. The van der Waals surface area contributed by atoms with E-state index in [1.54, 1.807) is 0 Å². The summed E-state index contributed by atoms with van der Waals surface area (Å²) in [7, 11) is 2.01. The van der Waals surface area contributed by atoms with Gasteiger partial charge >= 0.3 is 0 Å². The minimum absolute atomic E-state index is 0.214. The van der Waals surface area contributed by atoms with E-state index in [1.807, 2.05) is 22.8 Å². The van der Waals surface area contributed by atoms with E-state index < -0.39 is 0 Å². The molecule has 0 saturated carbocycles. The maximum atomic E-state index is 6.06. The van der Waals surface area contributed by atoms with Crippen molar-refractivity contribution >= 4 is 11.2 Å². The average Bonchev–Trinajstić information content (AvgIpc) is 2.65. The number of nitrogens with zero attached hydrogens (tertiary/aromatic N) is 4. The second-order valence-corrected chi connectivity index (χ2v) is 5.14. The molecule has 1 aliphatic heterocycles. The summed E-state index contributed by atoms with van der Waals surface area (Å²) in [6.07, 6.45) is 7.40. The Morgan fingerprint density at radius 2 is 2.22 bits per heavy atom. The largest absolute Gasteiger partial charge is 0.334 e. The zero-order chi connectivity index (χ0) is 12.7. The number of aryl methyl sites for hydroxylation is 2. The highest BCUT2D eigenvalue weighted by molar-refractivity contribution is 5.75. The Morgan fingerprint density at radius 3 is 3.00 bits per heavy atom. The van der Waals surface area contributed by atoms with Crippen molar-refractivity contribution < 1.29 is 0 Å². The van der Waals surface area contributed by atoms with Gasteiger partial charge < -0.3 is 4.57 Å². The summed E-state index contributed by atoms with van der Waals surface area (Å²) in [6, 6.07) is 0.214. The standard InChI is InChI=1S/C13H19N5/c1-9-8-17(2)13-12(9)15-7-10(16-13)11-5-3-4-6-18(11)14/h7-8,11H,3-6,14H2,1-2H3. The molecule has 0 spiro atoms. The summed E-state index contributed by atoms with van der Waals surface area (Å²) in [5.74, 6) is 6.06. The van der Waals surface area contributed by atoms with Gasteiger partial charge in [-0.2, -0.15) is 0 Å². The molecule has 0 bridgehead atoms. The van der Waals surface area contributed by atoms with Gasteiger partial charge in [0.25, 0.3) is 0 Å². The lowest BCUT2D eigenvalue weighted by atomic mass is 10.0. The van der Waals surface area contributed by atoms with Gasteiger partial charge in [0.1, 0.15) is 5.52 Å². The number of hydrogen-bond acceptors (Lipinski definition) is 4. The number of piperidine rings is 1. The third-order valence-electron chi connectivity index (χ3n) is 3.75. The number of rotatable bonds is 1. The first-order valence-corrected chi connectivity index (χ1v) is 6.46. The van der Waals surface area contributed by atoms with Crippen LogP contribution in [-0.4, -0.2) is 26.1 Å². The molecule has 2 N–H and O–H groups in total. The van der Waals surface area contributed by atoms with Crippen molar-refractivity contribution in [2.24, 2.45) is 12.9 Å². The van der Waals surface area contributed by atoms with E-state index in [2.05, 4.69) is 18.1 Å². The summed E-state index contributed by atoms with van der Waals surface area (Å²) in [4.78, 5) is 9.29. The Hall–Kier alpha value is -1.46. The summed E-state index contributed by atoms with van der Waals surface area (Å²) in [5.41, 5.74) is 4.09. The molecule has 0 radical (unpaired) electrons. The molecule has 1 aliphatic rings. The van der Waals surface area contributed by atoms with Gasteiger partial charge in [0.2, 0.25) is 0 Å². The Labute approximate surface area is 107 Å². The van der Waals surface area contributed by atoms with Crippen LogP contribution in [-0.2, 0) is 7.05 Å². The SMILES string of the molecule is Cc1cn(C)c2nc(C3CCCCN3N)cnc12. The van der Waals surface area contributed by atoms with Crippen molar-refractivity contribution in [2.75, 3.05) is 6.54 Å². The predicted octanol–water partition coefficient (Wildman–Crippen LogP) is 1.68. The molecule has 3 heterocycles. The normalized spacial score (nSPS) is 21.6. The van der Waals surface area contributed by atoms with Crippen LogP contribution >= 0.6 is 0 Å². The van der Waals surface area contributed by atoms with Crippen molar-refractivity contribution in [1.82, 2.24) is 19.5 Å². The highest BCUT2D eigenvalue weighted by Gasteiger charge is 2.23. The zero-order valence-corrected chi connectivity index (χ0v) is 10.9. The van der Waals surface area contributed by atoms with E-state index in [-0.39, 0.29) is 6.04 Å². The summed E-state index contributed by atoms with van der Waals surface area (Å²) < 4.78 is 2.03. The van der Waals surface area contributed by atoms with Gasteiger partial charge in [-0.3, -0.25) is 10.8 Å². The molecule has 3 rings (SSSR count). The first-order valence-electron chi connectivity index (χ1n) is 6.46. The number of nitrogens with two attached hydrogens (primary N) is 1. The van der Waals surface area contributed by atoms with Crippen LogP contribution in [0.25, 0.3) is 11.2 Å². The first kappa shape index (κ1) is 11.6. The van der Waals surface area contributed by atoms with Crippen molar-refractivity contribution in [1.29, 1.82) is 0 Å². The molecule has 5 heteroatoms. The predicted molar refractivity (Wildman–Crippen MR) is 70.7 cm³/mol. The molecule has 5 nitrogen and oxygen atoms in total. The fourth-order valence-electron chi connectivity index (χ4n) is 2.76. The van der Waals surface area contributed by atoms with Crippen molar-refractivity contribution in [3.63, 3.8) is 0 Å². The van der Waals surface area contributed by atoms with E-state index in [4.69, 9.17) is 10.8 Å². The van der Waals surface area contributed by atoms with Crippen LogP contribution in [0.3, 0.4) is 0 Å². The lowest BCUT2D eigenvalue weighted by molar-refractivity contribution is 0.148. The van der Waals surface area contributed by atoms with E-state index in [1.165, 1.54) is 18.4 Å². The fraction of sp³-hybridized carbons (Fsp3) is 0.538. The summed E-state index contributed by atoms with van der Waals surface area (Å²) >= 11 is 0. The van der Waals surface area contributed by atoms with Crippen LogP contribution in [0.1, 0.15) is 36.6 Å². The Morgan fingerprint density at radius 1 is 1.39 bits per heavy atom. The molecule has 0 aliphatic carbocycles. The van der Waals surface area contributed by atoms with Crippen molar-refractivity contribution in [3.8, 4) is 0 Å². The smallest absolute Gasteiger partial charge is 0.159 e. The van der Waals surface area contributed by atoms with E-state index in [0.29, 0.717) is 0 Å². The molecule has 0 amide bonds. The van der Waals surface area contributed by atoms with E-state index >= 15 is 0 Å². The molecule has 1 atom stereocenters. The Kier molecular flexibility index (Phi) is 2.80. The first-order chi connectivity index (χ1) is 8.66. The topological polar surface area (TPSA) is 60.0 Å². The van der Waals surface area contributed by atoms with Crippen LogP contribution in [0.4, 0.5) is 0 Å². The third kappa shape index (κ3) is 1.79. The molecule has 96 valence electrons. The second-order valence-electron chi connectivity index (χ2n) is 5.14. The third-order valence-corrected chi connectivity index (χ3v) is 3.75. The Bertz CT molecular complexity index is 574.